The van der Waals surface area contributed by atoms with Crippen molar-refractivity contribution in [2.45, 2.75) is 365 Å². The Morgan fingerprint density at radius 1 is 0.522 bits per heavy atom. The molecule has 36 nitrogen and oxygen atoms in total. The molecule has 0 spiro atoms. The highest BCUT2D eigenvalue weighted by Gasteiger charge is 2.65. The van der Waals surface area contributed by atoms with Crippen LogP contribution in [0.25, 0.3) is 22.0 Å². The third kappa shape index (κ3) is 22.2. The number of esters is 2. The average Bonchev–Trinajstić information content (AvgIpc) is 1.62. The molecule has 8 saturated heterocycles. The van der Waals surface area contributed by atoms with Crippen molar-refractivity contribution in [2.75, 3.05) is 56.6 Å². The van der Waals surface area contributed by atoms with Crippen LogP contribution in [0.2, 0.25) is 0 Å². The quantitative estimate of drug-likeness (QED) is 0.0322. The lowest BCUT2D eigenvalue weighted by Crippen LogP contribution is -2.61. The highest BCUT2D eigenvalue weighted by molar-refractivity contribution is 7.13. The molecule has 4 aromatic rings. The molecule has 0 saturated carbocycles. The van der Waals surface area contributed by atoms with Gasteiger partial charge in [0.15, 0.2) is 47.9 Å². The Kier molecular flexibility index (Phi) is 34.9. The van der Waals surface area contributed by atoms with Gasteiger partial charge in [0.05, 0.1) is 112 Å². The Morgan fingerprint density at radius 2 is 0.940 bits per heavy atom. The van der Waals surface area contributed by atoms with Crippen molar-refractivity contribution in [1.82, 2.24) is 30.1 Å². The Bertz CT molecular complexity index is 4660. The number of carbonyl (C=O) groups is 6. The molecule has 2 amide bonds. The molecule has 37 heteroatoms. The van der Waals surface area contributed by atoms with Gasteiger partial charge in [0.1, 0.15) is 66.0 Å². The number of aliphatic hydroxyl groups is 4. The number of hydrogen-bond acceptors (Lipinski definition) is 35. The summed E-state index contributed by atoms with van der Waals surface area (Å²) in [6.07, 6.45) is -13.6. The van der Waals surface area contributed by atoms with Gasteiger partial charge in [0, 0.05) is 101 Å². The van der Waals surface area contributed by atoms with E-state index in [-0.39, 0.29) is 74.4 Å². The number of ketones is 2. The van der Waals surface area contributed by atoms with E-state index in [9.17, 15) is 39.6 Å². The van der Waals surface area contributed by atoms with Crippen LogP contribution in [0.3, 0.4) is 0 Å². The number of cyclic esters (lactones) is 2. The number of benzene rings is 1. The number of hydrogen-bond donors (Lipinski definition) is 4. The topological polar surface area (TPSA) is 421 Å². The highest BCUT2D eigenvalue weighted by atomic mass is 32.1. The maximum absolute atomic E-state index is 15.1. The van der Waals surface area contributed by atoms with Crippen LogP contribution in [0.15, 0.2) is 73.2 Å². The van der Waals surface area contributed by atoms with Gasteiger partial charge >= 0.3 is 24.1 Å². The van der Waals surface area contributed by atoms with Gasteiger partial charge < -0.3 is 115 Å². The summed E-state index contributed by atoms with van der Waals surface area (Å²) >= 11 is 1.48. The summed E-state index contributed by atoms with van der Waals surface area (Å²) in [4.78, 5) is 93.0. The SMILES string of the molecule is CC[C@H]1OC(=O)[C@H](C)[C@@H](OC2CC(C)(OC)C(O)C(C)O2)[C@H](C)[C@@H](OC2OC(C)CC(N(C)C)C2O)[C@](C)(OC)C[C@@H](C)C(=O)[C@H](C)[C@H]2N(/N=C/c3c(C)noc3-c3ccccc3)C(=O)O[C@]12C.CC[C@H]1OC(=O)[C@H](C)[C@@H](OC2CC(C)(OC)C(O)C(C)O2)[C@H](C)[C@@H](OC2OC(C)CC(N(C)C)C2O)[C@](C)(OC)C[C@@H](C)C(=O)[C@H](C)[C@H]2N(/N=C/c3cc(-c4cccs4)on3)C(=O)O[C@]12C. The number of Topliss-reactive ketones (excluding diaryl/α,β-unsaturated/α-hetero) is 2. The van der Waals surface area contributed by atoms with Crippen LogP contribution < -0.4 is 0 Å². The lowest BCUT2D eigenvalue weighted by Gasteiger charge is -2.50. The fourth-order valence-corrected chi connectivity index (χ4v) is 22.4. The predicted molar refractivity (Wildman–Crippen MR) is 492 cm³/mol. The van der Waals surface area contributed by atoms with Crippen LogP contribution in [0.5, 0.6) is 0 Å². The van der Waals surface area contributed by atoms with E-state index in [2.05, 4.69) is 15.4 Å². The van der Waals surface area contributed by atoms with Crippen molar-refractivity contribution in [1.29, 1.82) is 0 Å². The number of aliphatic hydroxyl groups excluding tert-OH is 4. The Morgan fingerprint density at radius 3 is 1.33 bits per heavy atom. The average molecular weight is 1910 g/mol. The number of fused-ring (bicyclic) bond motifs is 2. The van der Waals surface area contributed by atoms with Crippen molar-refractivity contribution >= 4 is 59.5 Å². The van der Waals surface area contributed by atoms with Crippen molar-refractivity contribution in [3.8, 4) is 22.0 Å². The zero-order valence-corrected chi connectivity index (χ0v) is 84.2. The number of aromatic nitrogens is 2. The smallest absolute Gasteiger partial charge is 0.431 e. The first-order valence-electron chi connectivity index (χ1n) is 47.1. The monoisotopic (exact) mass is 1910 g/mol. The van der Waals surface area contributed by atoms with Gasteiger partial charge in [-0.25, -0.2) is 9.59 Å². The Balaban J connectivity index is 0.000000258. The number of ether oxygens (including phenoxy) is 16. The van der Waals surface area contributed by atoms with Gasteiger partial charge in [-0.3, -0.25) is 19.2 Å². The standard InChI is InChI=1S/C50H76N4O14.C47H72N4O14S/c1-16-36-50(11)42(54(47(59)67-50)51-25-34-31(7)52-68-41(34)33-20-18-17-19-21-33)28(4)38(55)26(2)23-49(10,61-15)44(66-46-39(56)35(53(12)13)22-27(3)62-46)29(5)40(30(6)45(58)64-36)65-37-24-48(9,60-14)43(57)32(8)63-37;1-15-34-47(10)39(51(44(56)64-47)48-23-30-20-32(65-49-30)33-17-16-18-66-33)26(4)36(52)24(2)21-46(9,58-14)41(63-43-37(53)31(50(11)12)19-25(3)59-43)27(5)38(28(6)42(55)61-34)62-35-22-45(8,57-13)40(54)29(7)60-35/h17-21,25-30,32,35-37,39-40,42-44,46,56-57H,16,22-24H2,1-15H3;16-18,20,23-29,31,34-35,37-41,43,53-54H,15,19,21-22H2,1-14H3/b51-25+;48-23+/t26-,27?,28+,29+,30-,32?,35?,36-,37?,39?,40+,42-,43?,44-,46?,48?,49-,50-;24-,25?,26+,27+,28-,29?,31?,34-,35?,37?,38+,39-,40?,41-,43?,45?,46-,47-/m11/s1. The fourth-order valence-electron chi connectivity index (χ4n) is 21.7. The molecular weight excluding hydrogens is 1760 g/mol. The summed E-state index contributed by atoms with van der Waals surface area (Å²) in [7, 11) is 13.6. The summed E-state index contributed by atoms with van der Waals surface area (Å²) in [6.45, 7) is 37.3. The third-order valence-corrected chi connectivity index (χ3v) is 30.8. The van der Waals surface area contributed by atoms with E-state index >= 15 is 9.59 Å². The van der Waals surface area contributed by atoms with Crippen LogP contribution in [0.1, 0.15) is 207 Å². The van der Waals surface area contributed by atoms with Gasteiger partial charge in [-0.1, -0.05) is 102 Å². The first-order chi connectivity index (χ1) is 63.0. The second kappa shape index (κ2) is 43.7. The molecule has 36 atom stereocenters. The second-order valence-corrected chi connectivity index (χ2v) is 41.0. The largest absolute Gasteiger partial charge is 0.458 e. The molecule has 0 aliphatic carbocycles. The van der Waals surface area contributed by atoms with Gasteiger partial charge in [0.25, 0.3) is 0 Å². The fraction of sp³-hybridized carbons (Fsp3) is 0.753. The number of likely N-dealkylation sites (N-methyl/N-ethyl adjacent to an activating group) is 2. The first-order valence-corrected chi connectivity index (χ1v) is 48.0. The number of thiophene rings is 1. The third-order valence-electron chi connectivity index (χ3n) is 29.9. The number of methoxy groups -OCH3 is 4. The molecule has 12 rings (SSSR count). The van der Waals surface area contributed by atoms with E-state index in [1.54, 1.807) is 103 Å². The molecule has 0 bridgehead atoms. The number of rotatable bonds is 22. The van der Waals surface area contributed by atoms with Crippen LogP contribution >= 0.6 is 11.3 Å². The van der Waals surface area contributed by atoms with Gasteiger partial charge in [-0.2, -0.15) is 20.2 Å². The van der Waals surface area contributed by atoms with Gasteiger partial charge in [-0.15, -0.1) is 11.3 Å². The second-order valence-electron chi connectivity index (χ2n) is 40.1. The zero-order valence-electron chi connectivity index (χ0n) is 83.4. The molecular formula is C97H148N8O28S. The molecule has 8 aliphatic rings. The minimum absolute atomic E-state index is 0.0899. The van der Waals surface area contributed by atoms with Crippen molar-refractivity contribution in [3.63, 3.8) is 0 Å². The minimum Gasteiger partial charge on any atom is -0.458 e. The molecule has 11 heterocycles. The first kappa shape index (κ1) is 107. The van der Waals surface area contributed by atoms with E-state index in [0.29, 0.717) is 41.3 Å². The van der Waals surface area contributed by atoms with Crippen molar-refractivity contribution in [3.05, 3.63) is 70.9 Å². The summed E-state index contributed by atoms with van der Waals surface area (Å²) in [6, 6.07) is 12.1. The van der Waals surface area contributed by atoms with Crippen molar-refractivity contribution in [2.24, 2.45) is 57.5 Å². The molecule has 16 unspecified atom stereocenters. The maximum Gasteiger partial charge on any atom is 0.431 e. The normalized spacial score (nSPS) is 41.6. The highest BCUT2D eigenvalue weighted by Crippen LogP contribution is 2.50. The molecule has 8 fully saturated rings. The van der Waals surface area contributed by atoms with E-state index in [0.717, 1.165) is 20.5 Å². The van der Waals surface area contributed by atoms with Gasteiger partial charge in [0.2, 0.25) is 0 Å². The molecule has 4 N–H and O–H groups in total. The predicted octanol–water partition coefficient (Wildman–Crippen LogP) is 11.6. The molecule has 3 aromatic heterocycles. The lowest BCUT2D eigenvalue weighted by atomic mass is 9.73. The van der Waals surface area contributed by atoms with E-state index in [4.69, 9.17) is 89.9 Å². The minimum atomic E-state index is -1.59. The summed E-state index contributed by atoms with van der Waals surface area (Å²) in [5.74, 6) is -7.78. The molecule has 1 aromatic carbocycles. The van der Waals surface area contributed by atoms with E-state index < -0.39 is 216 Å². The number of carbonyl (C=O) groups excluding carboxylic acids is 6. The van der Waals surface area contributed by atoms with Crippen LogP contribution in [0, 0.1) is 54.3 Å². The van der Waals surface area contributed by atoms with E-state index in [1.165, 1.54) is 52.2 Å². The Hall–Kier alpha value is -7.22. The van der Waals surface area contributed by atoms with Crippen LogP contribution in [0.4, 0.5) is 9.59 Å². The Labute approximate surface area is 791 Å². The number of hydrazone groups is 2. The van der Waals surface area contributed by atoms with Crippen molar-refractivity contribution < 1.29 is 134 Å². The summed E-state index contributed by atoms with van der Waals surface area (Å²) in [5, 5.41) is 67.6. The van der Waals surface area contributed by atoms with Crippen LogP contribution in [-0.2, 0) is 95.0 Å². The summed E-state index contributed by atoms with van der Waals surface area (Å²) < 4.78 is 114. The van der Waals surface area contributed by atoms with Crippen LogP contribution in [-0.4, -0.2) is 324 Å². The van der Waals surface area contributed by atoms with E-state index in [1.807, 2.05) is 134 Å². The summed E-state index contributed by atoms with van der Waals surface area (Å²) in [5.41, 5.74) is -5.78. The number of nitrogens with zero attached hydrogens (tertiary/aromatic N) is 8. The zero-order chi connectivity index (χ0) is 98.8. The number of amides is 2. The van der Waals surface area contributed by atoms with Gasteiger partial charge in [-0.05, 0) is 168 Å². The molecule has 750 valence electrons. The molecule has 134 heavy (non-hydrogen) atoms. The number of aryl methyl sites for hydroxylation is 1. The lowest BCUT2D eigenvalue weighted by molar-refractivity contribution is -0.319. The maximum atomic E-state index is 15.1. The molecule has 8 aliphatic heterocycles. The molecule has 0 radical (unpaired) electrons.